The van der Waals surface area contributed by atoms with E-state index in [-0.39, 0.29) is 0 Å². The first-order valence-electron chi connectivity index (χ1n) is 6.58. The molecule has 2 heteroatoms. The van der Waals surface area contributed by atoms with E-state index in [4.69, 9.17) is 4.74 Å². The van der Waals surface area contributed by atoms with E-state index in [1.54, 1.807) is 0 Å². The highest BCUT2D eigenvalue weighted by molar-refractivity contribution is 4.85. The zero-order chi connectivity index (χ0) is 10.7. The van der Waals surface area contributed by atoms with E-state index in [0.29, 0.717) is 12.1 Å². The summed E-state index contributed by atoms with van der Waals surface area (Å²) in [4.78, 5) is 0. The van der Waals surface area contributed by atoms with Crippen LogP contribution in [0.1, 0.15) is 51.9 Å². The molecule has 0 bridgehead atoms. The van der Waals surface area contributed by atoms with Crippen LogP contribution in [-0.2, 0) is 4.74 Å². The quantitative estimate of drug-likeness (QED) is 0.772. The first-order valence-corrected chi connectivity index (χ1v) is 6.58. The van der Waals surface area contributed by atoms with Crippen LogP contribution in [0.25, 0.3) is 0 Å². The number of ether oxygens (including phenoxy) is 1. The minimum Gasteiger partial charge on any atom is -0.381 e. The Kier molecular flexibility index (Phi) is 4.04. The van der Waals surface area contributed by atoms with Gasteiger partial charge in [0.2, 0.25) is 0 Å². The standard InChI is InChI=1S/C13H25NO/c1-10(11-5-3-6-11)14-12-7-4-8-13(9-12)15-2/h10-14H,3-9H2,1-2H3. The van der Waals surface area contributed by atoms with E-state index < -0.39 is 0 Å². The Hall–Kier alpha value is -0.0800. The van der Waals surface area contributed by atoms with Gasteiger partial charge in [0.05, 0.1) is 6.10 Å². The Morgan fingerprint density at radius 1 is 1.13 bits per heavy atom. The van der Waals surface area contributed by atoms with Crippen LogP contribution in [0.3, 0.4) is 0 Å². The van der Waals surface area contributed by atoms with Crippen molar-refractivity contribution in [2.24, 2.45) is 5.92 Å². The summed E-state index contributed by atoms with van der Waals surface area (Å²) in [6.45, 7) is 2.36. The second kappa shape index (κ2) is 5.31. The molecule has 0 aromatic heterocycles. The summed E-state index contributed by atoms with van der Waals surface area (Å²) in [5, 5.41) is 3.81. The molecule has 88 valence electrons. The van der Waals surface area contributed by atoms with Gasteiger partial charge >= 0.3 is 0 Å². The molecule has 2 saturated carbocycles. The Morgan fingerprint density at radius 2 is 1.87 bits per heavy atom. The van der Waals surface area contributed by atoms with E-state index >= 15 is 0 Å². The topological polar surface area (TPSA) is 21.3 Å². The van der Waals surface area contributed by atoms with E-state index in [1.165, 1.54) is 44.9 Å². The van der Waals surface area contributed by atoms with Crippen LogP contribution >= 0.6 is 0 Å². The zero-order valence-corrected chi connectivity index (χ0v) is 10.2. The summed E-state index contributed by atoms with van der Waals surface area (Å²) < 4.78 is 5.46. The molecule has 2 fully saturated rings. The summed E-state index contributed by atoms with van der Waals surface area (Å²) in [7, 11) is 1.85. The van der Waals surface area contributed by atoms with Crippen LogP contribution in [0.2, 0.25) is 0 Å². The van der Waals surface area contributed by atoms with Gasteiger partial charge in [0.25, 0.3) is 0 Å². The van der Waals surface area contributed by atoms with Gasteiger partial charge in [-0.1, -0.05) is 6.42 Å². The minimum atomic E-state index is 0.504. The minimum absolute atomic E-state index is 0.504. The lowest BCUT2D eigenvalue weighted by Crippen LogP contribution is -2.45. The first kappa shape index (κ1) is 11.4. The Labute approximate surface area is 93.8 Å². The first-order chi connectivity index (χ1) is 7.29. The van der Waals surface area contributed by atoms with Crippen LogP contribution < -0.4 is 5.32 Å². The second-order valence-corrected chi connectivity index (χ2v) is 5.37. The lowest BCUT2D eigenvalue weighted by Gasteiger charge is -2.37. The number of nitrogens with one attached hydrogen (secondary N) is 1. The van der Waals surface area contributed by atoms with Gasteiger partial charge in [-0.2, -0.15) is 0 Å². The molecule has 2 nitrogen and oxygen atoms in total. The third-order valence-corrected chi connectivity index (χ3v) is 4.31. The summed E-state index contributed by atoms with van der Waals surface area (Å²) in [6, 6.07) is 1.43. The van der Waals surface area contributed by atoms with Gasteiger partial charge in [0.1, 0.15) is 0 Å². The van der Waals surface area contributed by atoms with E-state index in [1.807, 2.05) is 7.11 Å². The van der Waals surface area contributed by atoms with Crippen molar-refractivity contribution in [3.05, 3.63) is 0 Å². The molecule has 0 spiro atoms. The molecule has 0 aromatic carbocycles. The van der Waals surface area contributed by atoms with Gasteiger partial charge < -0.3 is 10.1 Å². The molecule has 3 atom stereocenters. The highest BCUT2D eigenvalue weighted by Gasteiger charge is 2.28. The molecule has 0 amide bonds. The predicted molar refractivity (Wildman–Crippen MR) is 63.0 cm³/mol. The predicted octanol–water partition coefficient (Wildman–Crippen LogP) is 2.72. The lowest BCUT2D eigenvalue weighted by atomic mass is 9.79. The molecule has 0 aromatic rings. The molecule has 0 saturated heterocycles. The molecule has 2 rings (SSSR count). The molecular weight excluding hydrogens is 186 g/mol. The van der Waals surface area contributed by atoms with Crippen LogP contribution in [0.15, 0.2) is 0 Å². The van der Waals surface area contributed by atoms with E-state index in [0.717, 1.165) is 12.0 Å². The highest BCUT2D eigenvalue weighted by Crippen LogP contribution is 2.30. The van der Waals surface area contributed by atoms with Crippen molar-refractivity contribution in [2.45, 2.75) is 70.1 Å². The van der Waals surface area contributed by atoms with Crippen molar-refractivity contribution in [1.82, 2.24) is 5.32 Å². The number of methoxy groups -OCH3 is 1. The third kappa shape index (κ3) is 2.94. The van der Waals surface area contributed by atoms with Gasteiger partial charge in [-0.05, 0) is 51.4 Å². The summed E-state index contributed by atoms with van der Waals surface area (Å²) in [6.07, 6.45) is 9.97. The van der Waals surface area contributed by atoms with Gasteiger partial charge in [0.15, 0.2) is 0 Å². The molecule has 0 aliphatic heterocycles. The Bertz CT molecular complexity index is 191. The molecule has 15 heavy (non-hydrogen) atoms. The van der Waals surface area contributed by atoms with E-state index in [9.17, 15) is 0 Å². The van der Waals surface area contributed by atoms with Crippen LogP contribution in [0, 0.1) is 5.92 Å². The van der Waals surface area contributed by atoms with Crippen molar-refractivity contribution in [3.63, 3.8) is 0 Å². The monoisotopic (exact) mass is 211 g/mol. The average Bonchev–Trinajstić information content (AvgIpc) is 2.15. The molecule has 0 heterocycles. The number of rotatable bonds is 4. The largest absolute Gasteiger partial charge is 0.381 e. The summed E-state index contributed by atoms with van der Waals surface area (Å²) in [5.74, 6) is 0.952. The zero-order valence-electron chi connectivity index (χ0n) is 10.2. The normalized spacial score (nSPS) is 34.8. The lowest BCUT2D eigenvalue weighted by molar-refractivity contribution is 0.0541. The molecule has 2 aliphatic carbocycles. The number of hydrogen-bond acceptors (Lipinski definition) is 2. The SMILES string of the molecule is COC1CCCC(NC(C)C2CCC2)C1. The maximum absolute atomic E-state index is 5.46. The Morgan fingerprint density at radius 3 is 2.47 bits per heavy atom. The average molecular weight is 211 g/mol. The maximum Gasteiger partial charge on any atom is 0.0586 e. The highest BCUT2D eigenvalue weighted by atomic mass is 16.5. The van der Waals surface area contributed by atoms with Gasteiger partial charge in [-0.15, -0.1) is 0 Å². The third-order valence-electron chi connectivity index (χ3n) is 4.31. The fourth-order valence-corrected chi connectivity index (χ4v) is 2.96. The second-order valence-electron chi connectivity index (χ2n) is 5.37. The maximum atomic E-state index is 5.46. The summed E-state index contributed by atoms with van der Waals surface area (Å²) in [5.41, 5.74) is 0. The smallest absolute Gasteiger partial charge is 0.0586 e. The van der Waals surface area contributed by atoms with Crippen molar-refractivity contribution < 1.29 is 4.74 Å². The molecule has 2 aliphatic rings. The van der Waals surface area contributed by atoms with Crippen molar-refractivity contribution in [1.29, 1.82) is 0 Å². The fourth-order valence-electron chi connectivity index (χ4n) is 2.96. The molecule has 0 radical (unpaired) electrons. The fraction of sp³-hybridized carbons (Fsp3) is 1.00. The van der Waals surface area contributed by atoms with Gasteiger partial charge in [-0.25, -0.2) is 0 Å². The van der Waals surface area contributed by atoms with Crippen LogP contribution in [0.5, 0.6) is 0 Å². The molecule has 1 N–H and O–H groups in total. The van der Waals surface area contributed by atoms with Crippen molar-refractivity contribution >= 4 is 0 Å². The van der Waals surface area contributed by atoms with Gasteiger partial charge in [-0.3, -0.25) is 0 Å². The molecular formula is C13H25NO. The number of hydrogen-bond donors (Lipinski definition) is 1. The van der Waals surface area contributed by atoms with Crippen LogP contribution in [-0.4, -0.2) is 25.3 Å². The van der Waals surface area contributed by atoms with Crippen LogP contribution in [0.4, 0.5) is 0 Å². The molecule has 3 unspecified atom stereocenters. The van der Waals surface area contributed by atoms with Crippen molar-refractivity contribution in [3.8, 4) is 0 Å². The Balaban J connectivity index is 1.72. The van der Waals surface area contributed by atoms with Gasteiger partial charge in [0, 0.05) is 19.2 Å². The van der Waals surface area contributed by atoms with E-state index in [2.05, 4.69) is 12.2 Å². The summed E-state index contributed by atoms with van der Waals surface area (Å²) >= 11 is 0. The van der Waals surface area contributed by atoms with Crippen molar-refractivity contribution in [2.75, 3.05) is 7.11 Å².